The van der Waals surface area contributed by atoms with E-state index in [4.69, 9.17) is 5.11 Å². The van der Waals surface area contributed by atoms with E-state index in [1.54, 1.807) is 26.0 Å². The Morgan fingerprint density at radius 3 is 2.64 bits per heavy atom. The van der Waals surface area contributed by atoms with Gasteiger partial charge in [0.05, 0.1) is 11.0 Å². The fraction of sp³-hybridized carbons (Fsp3) is 0.400. The maximum atomic E-state index is 10.5. The lowest BCUT2D eigenvalue weighted by molar-refractivity contribution is -0.385. The Labute approximate surface area is 82.3 Å². The van der Waals surface area contributed by atoms with Crippen LogP contribution in [0.25, 0.3) is 0 Å². The van der Waals surface area contributed by atoms with Gasteiger partial charge in [-0.3, -0.25) is 10.1 Å². The molecule has 0 aromatic heterocycles. The number of nitro benzene ring substituents is 1. The monoisotopic (exact) mass is 195 g/mol. The Balaban J connectivity index is 2.94. The first kappa shape index (κ1) is 10.7. The van der Waals surface area contributed by atoms with Gasteiger partial charge in [0.2, 0.25) is 0 Å². The van der Waals surface area contributed by atoms with Crippen molar-refractivity contribution in [1.29, 1.82) is 0 Å². The smallest absolute Gasteiger partial charge is 0.272 e. The van der Waals surface area contributed by atoms with E-state index >= 15 is 0 Å². The van der Waals surface area contributed by atoms with Crippen LogP contribution in [0.2, 0.25) is 0 Å². The molecule has 0 aliphatic rings. The lowest BCUT2D eigenvalue weighted by Crippen LogP contribution is -2.04. The molecule has 0 unspecified atom stereocenters. The average molecular weight is 195 g/mol. The summed E-state index contributed by atoms with van der Waals surface area (Å²) in [4.78, 5) is 10.1. The molecule has 0 bridgehead atoms. The molecule has 1 N–H and O–H groups in total. The maximum absolute atomic E-state index is 10.5. The van der Waals surface area contributed by atoms with E-state index in [0.29, 0.717) is 12.0 Å². The van der Waals surface area contributed by atoms with Gasteiger partial charge in [0.25, 0.3) is 5.69 Å². The molecule has 1 rings (SSSR count). The van der Waals surface area contributed by atoms with Crippen molar-refractivity contribution in [2.75, 3.05) is 0 Å². The van der Waals surface area contributed by atoms with Crippen LogP contribution in [-0.4, -0.2) is 16.1 Å². The first-order valence-corrected chi connectivity index (χ1v) is 4.42. The predicted molar refractivity (Wildman–Crippen MR) is 53.2 cm³/mol. The van der Waals surface area contributed by atoms with Gasteiger partial charge in [0.1, 0.15) is 0 Å². The highest BCUT2D eigenvalue weighted by molar-refractivity contribution is 5.41. The zero-order valence-electron chi connectivity index (χ0n) is 8.23. The van der Waals surface area contributed by atoms with Crippen molar-refractivity contribution in [3.8, 4) is 0 Å². The van der Waals surface area contributed by atoms with Gasteiger partial charge in [-0.25, -0.2) is 0 Å². The van der Waals surface area contributed by atoms with Crippen LogP contribution in [0.1, 0.15) is 18.1 Å². The summed E-state index contributed by atoms with van der Waals surface area (Å²) < 4.78 is 0. The summed E-state index contributed by atoms with van der Waals surface area (Å²) in [7, 11) is 0. The van der Waals surface area contributed by atoms with Crippen LogP contribution in [0.5, 0.6) is 0 Å². The number of aryl methyl sites for hydroxylation is 1. The molecular weight excluding hydrogens is 182 g/mol. The number of aliphatic hydroxyl groups excluding tert-OH is 1. The molecule has 1 aromatic rings. The Kier molecular flexibility index (Phi) is 3.19. The molecule has 0 spiro atoms. The zero-order valence-corrected chi connectivity index (χ0v) is 8.23. The van der Waals surface area contributed by atoms with Crippen molar-refractivity contribution in [3.05, 3.63) is 39.4 Å². The molecule has 0 fully saturated rings. The van der Waals surface area contributed by atoms with Gasteiger partial charge in [0, 0.05) is 11.6 Å². The van der Waals surface area contributed by atoms with E-state index in [9.17, 15) is 10.1 Å². The summed E-state index contributed by atoms with van der Waals surface area (Å²) in [6.07, 6.45) is 0.106. The fourth-order valence-corrected chi connectivity index (χ4v) is 1.39. The highest BCUT2D eigenvalue weighted by atomic mass is 16.6. The molecule has 0 radical (unpaired) electrons. The molecule has 1 aromatic carbocycles. The molecule has 0 saturated carbocycles. The lowest BCUT2D eigenvalue weighted by Gasteiger charge is -2.05. The summed E-state index contributed by atoms with van der Waals surface area (Å²) in [5.41, 5.74) is 1.68. The van der Waals surface area contributed by atoms with Crippen LogP contribution < -0.4 is 0 Å². The molecule has 0 aliphatic heterocycles. The summed E-state index contributed by atoms with van der Waals surface area (Å²) in [5.74, 6) is 0. The van der Waals surface area contributed by atoms with E-state index in [1.807, 2.05) is 0 Å². The van der Waals surface area contributed by atoms with Gasteiger partial charge in [-0.1, -0.05) is 6.07 Å². The predicted octanol–water partition coefficient (Wildman–Crippen LogP) is 1.83. The van der Waals surface area contributed by atoms with Crippen LogP contribution in [0, 0.1) is 17.0 Å². The molecule has 0 heterocycles. The van der Waals surface area contributed by atoms with Gasteiger partial charge in [-0.15, -0.1) is 0 Å². The van der Waals surface area contributed by atoms with Crippen molar-refractivity contribution in [2.24, 2.45) is 0 Å². The minimum Gasteiger partial charge on any atom is -0.393 e. The lowest BCUT2D eigenvalue weighted by atomic mass is 10.1. The number of nitro groups is 1. The third-order valence-corrected chi connectivity index (χ3v) is 1.99. The molecule has 0 saturated heterocycles. The van der Waals surface area contributed by atoms with Crippen molar-refractivity contribution < 1.29 is 10.0 Å². The SMILES string of the molecule is Cc1cc(C[C@@H](C)O)ccc1[N+](=O)[O-]. The van der Waals surface area contributed by atoms with Gasteiger partial charge < -0.3 is 5.11 Å². The zero-order chi connectivity index (χ0) is 10.7. The molecule has 14 heavy (non-hydrogen) atoms. The Morgan fingerprint density at radius 1 is 1.57 bits per heavy atom. The summed E-state index contributed by atoms with van der Waals surface area (Å²) in [5, 5.41) is 19.7. The highest BCUT2D eigenvalue weighted by Gasteiger charge is 2.10. The summed E-state index contributed by atoms with van der Waals surface area (Å²) in [6.45, 7) is 3.39. The van der Waals surface area contributed by atoms with Crippen molar-refractivity contribution >= 4 is 5.69 Å². The number of hydrogen-bond donors (Lipinski definition) is 1. The molecule has 1 atom stereocenters. The second-order valence-corrected chi connectivity index (χ2v) is 3.43. The Bertz CT molecular complexity index is 347. The molecular formula is C10H13NO3. The molecule has 4 nitrogen and oxygen atoms in total. The fourth-order valence-electron chi connectivity index (χ4n) is 1.39. The standard InChI is InChI=1S/C10H13NO3/c1-7-5-9(6-8(2)12)3-4-10(7)11(13)14/h3-5,8,12H,6H2,1-2H3/t8-/m1/s1. The summed E-state index contributed by atoms with van der Waals surface area (Å²) in [6, 6.07) is 4.90. The number of nitrogens with zero attached hydrogens (tertiary/aromatic N) is 1. The second kappa shape index (κ2) is 4.19. The van der Waals surface area contributed by atoms with Gasteiger partial charge in [0.15, 0.2) is 0 Å². The number of aliphatic hydroxyl groups is 1. The minimum atomic E-state index is -0.421. The van der Waals surface area contributed by atoms with Crippen LogP contribution in [0.4, 0.5) is 5.69 Å². The van der Waals surface area contributed by atoms with E-state index in [2.05, 4.69) is 0 Å². The third kappa shape index (κ3) is 2.53. The van der Waals surface area contributed by atoms with Crippen LogP contribution >= 0.6 is 0 Å². The Hall–Kier alpha value is -1.42. The van der Waals surface area contributed by atoms with Crippen molar-refractivity contribution in [1.82, 2.24) is 0 Å². The van der Waals surface area contributed by atoms with Crippen LogP contribution in [0.15, 0.2) is 18.2 Å². The molecule has 0 aliphatic carbocycles. The minimum absolute atomic E-state index is 0.124. The highest BCUT2D eigenvalue weighted by Crippen LogP contribution is 2.19. The molecule has 76 valence electrons. The van der Waals surface area contributed by atoms with E-state index < -0.39 is 11.0 Å². The maximum Gasteiger partial charge on any atom is 0.272 e. The largest absolute Gasteiger partial charge is 0.393 e. The summed E-state index contributed by atoms with van der Waals surface area (Å²) >= 11 is 0. The number of rotatable bonds is 3. The topological polar surface area (TPSA) is 63.4 Å². The van der Waals surface area contributed by atoms with Gasteiger partial charge >= 0.3 is 0 Å². The van der Waals surface area contributed by atoms with E-state index in [-0.39, 0.29) is 5.69 Å². The third-order valence-electron chi connectivity index (χ3n) is 1.99. The Morgan fingerprint density at radius 2 is 2.21 bits per heavy atom. The number of benzene rings is 1. The molecule has 0 amide bonds. The normalized spacial score (nSPS) is 12.5. The average Bonchev–Trinajstić information content (AvgIpc) is 2.01. The van der Waals surface area contributed by atoms with Crippen molar-refractivity contribution in [3.63, 3.8) is 0 Å². The second-order valence-electron chi connectivity index (χ2n) is 3.43. The van der Waals surface area contributed by atoms with Crippen LogP contribution in [-0.2, 0) is 6.42 Å². The van der Waals surface area contributed by atoms with E-state index in [1.165, 1.54) is 6.07 Å². The first-order valence-electron chi connectivity index (χ1n) is 4.42. The van der Waals surface area contributed by atoms with Crippen molar-refractivity contribution in [2.45, 2.75) is 26.4 Å². The van der Waals surface area contributed by atoms with Gasteiger partial charge in [-0.2, -0.15) is 0 Å². The number of hydrogen-bond acceptors (Lipinski definition) is 3. The van der Waals surface area contributed by atoms with Crippen LogP contribution in [0.3, 0.4) is 0 Å². The quantitative estimate of drug-likeness (QED) is 0.591. The molecule has 4 heteroatoms. The van der Waals surface area contributed by atoms with Gasteiger partial charge in [-0.05, 0) is 31.9 Å². The van der Waals surface area contributed by atoms with E-state index in [0.717, 1.165) is 5.56 Å². The first-order chi connectivity index (χ1) is 6.50.